The molecule has 5 aromatic rings. The highest BCUT2D eigenvalue weighted by atomic mass is 19.1. The lowest BCUT2D eigenvalue weighted by Gasteiger charge is -2.39. The van der Waals surface area contributed by atoms with Gasteiger partial charge in [0.05, 0.1) is 30.0 Å². The summed E-state index contributed by atoms with van der Waals surface area (Å²) in [5, 5.41) is 16.0. The molecule has 7 nitrogen and oxygen atoms in total. The number of aliphatic hydroxyl groups is 1. The Morgan fingerprint density at radius 3 is 2.34 bits per heavy atom. The van der Waals surface area contributed by atoms with Gasteiger partial charge in [-0.3, -0.25) is 19.1 Å². The second-order valence-electron chi connectivity index (χ2n) is 12.7. The number of piperidine rings is 1. The standard InChI is InChI=1S/C39H38FN3O4/c1-47-31-14-8-10-28(24-31)39(46)19-21-42(22-20-39)25-34-35(37(44)41-36(26-17-18-26)27-9-7-11-29(40)23-27)32-15-5-6-16-33(32)38(45)43(34)30-12-3-2-4-13-30/h2-16,23-24,26,36,46H,17-22,25H2,1H3,(H,41,44). The third-order valence-electron chi connectivity index (χ3n) is 9.68. The zero-order chi connectivity index (χ0) is 32.5. The van der Waals surface area contributed by atoms with E-state index in [4.69, 9.17) is 4.74 Å². The number of para-hydroxylation sites is 1. The lowest BCUT2D eigenvalue weighted by Crippen LogP contribution is -2.43. The average molecular weight is 632 g/mol. The highest BCUT2D eigenvalue weighted by molar-refractivity contribution is 6.08. The van der Waals surface area contributed by atoms with Gasteiger partial charge in [0.2, 0.25) is 0 Å². The fourth-order valence-corrected chi connectivity index (χ4v) is 6.96. The Morgan fingerprint density at radius 2 is 1.64 bits per heavy atom. The Labute approximate surface area is 273 Å². The summed E-state index contributed by atoms with van der Waals surface area (Å²) in [6.45, 7) is 1.43. The second-order valence-corrected chi connectivity index (χ2v) is 12.7. The summed E-state index contributed by atoms with van der Waals surface area (Å²) in [5.74, 6) is 0.267. The van der Waals surface area contributed by atoms with Crippen molar-refractivity contribution in [3.8, 4) is 11.4 Å². The first-order chi connectivity index (χ1) is 22.8. The number of methoxy groups -OCH3 is 1. The van der Waals surface area contributed by atoms with E-state index in [9.17, 15) is 19.1 Å². The largest absolute Gasteiger partial charge is 0.497 e. The van der Waals surface area contributed by atoms with Crippen molar-refractivity contribution in [1.29, 1.82) is 0 Å². The summed E-state index contributed by atoms with van der Waals surface area (Å²) < 4.78 is 21.4. The number of carbonyl (C=O) groups excluding carboxylic acids is 1. The van der Waals surface area contributed by atoms with Gasteiger partial charge in [-0.05, 0) is 85.2 Å². The molecule has 1 aliphatic heterocycles. The molecule has 1 aromatic heterocycles. The predicted molar refractivity (Wildman–Crippen MR) is 180 cm³/mol. The number of carbonyl (C=O) groups is 1. The van der Waals surface area contributed by atoms with Crippen LogP contribution in [-0.2, 0) is 12.1 Å². The van der Waals surface area contributed by atoms with Gasteiger partial charge < -0.3 is 15.2 Å². The van der Waals surface area contributed by atoms with E-state index in [2.05, 4.69) is 10.2 Å². The SMILES string of the molecule is COc1cccc(C2(O)CCN(Cc3c(C(=O)NC(c4cccc(F)c4)C4CC4)c4ccccc4c(=O)n3-c3ccccc3)CC2)c1. The Kier molecular flexibility index (Phi) is 8.39. The Balaban J connectivity index is 1.30. The van der Waals surface area contributed by atoms with E-state index < -0.39 is 5.60 Å². The molecule has 2 N–H and O–H groups in total. The van der Waals surface area contributed by atoms with Crippen molar-refractivity contribution in [3.05, 3.63) is 142 Å². The summed E-state index contributed by atoms with van der Waals surface area (Å²) >= 11 is 0. The first-order valence-electron chi connectivity index (χ1n) is 16.2. The van der Waals surface area contributed by atoms with E-state index in [1.54, 1.807) is 23.8 Å². The smallest absolute Gasteiger partial charge is 0.263 e. The van der Waals surface area contributed by atoms with Crippen LogP contribution in [0.3, 0.4) is 0 Å². The van der Waals surface area contributed by atoms with Gasteiger partial charge in [-0.2, -0.15) is 0 Å². The van der Waals surface area contributed by atoms with Gasteiger partial charge in [-0.25, -0.2) is 4.39 Å². The zero-order valence-corrected chi connectivity index (χ0v) is 26.4. The maximum absolute atomic E-state index is 14.6. The van der Waals surface area contributed by atoms with Crippen molar-refractivity contribution in [2.24, 2.45) is 5.92 Å². The average Bonchev–Trinajstić information content (AvgIpc) is 3.94. The summed E-state index contributed by atoms with van der Waals surface area (Å²) in [4.78, 5) is 31.0. The van der Waals surface area contributed by atoms with E-state index >= 15 is 0 Å². The number of hydrogen-bond donors (Lipinski definition) is 2. The van der Waals surface area contributed by atoms with Crippen LogP contribution in [0.25, 0.3) is 16.5 Å². The number of hydrogen-bond acceptors (Lipinski definition) is 5. The van der Waals surface area contributed by atoms with Crippen LogP contribution < -0.4 is 15.6 Å². The number of pyridine rings is 1. The molecule has 2 fully saturated rings. The van der Waals surface area contributed by atoms with Crippen molar-refractivity contribution < 1.29 is 19.0 Å². The molecule has 1 saturated carbocycles. The number of benzene rings is 4. The van der Waals surface area contributed by atoms with Crippen LogP contribution in [-0.4, -0.2) is 40.7 Å². The Morgan fingerprint density at radius 1 is 0.936 bits per heavy atom. The number of likely N-dealkylation sites (tertiary alicyclic amines) is 1. The fraction of sp³-hybridized carbons (Fsp3) is 0.282. The number of nitrogens with zero attached hydrogens (tertiary/aromatic N) is 2. The van der Waals surface area contributed by atoms with Gasteiger partial charge in [0.15, 0.2) is 0 Å². The van der Waals surface area contributed by atoms with E-state index in [1.165, 1.54) is 12.1 Å². The molecular weight excluding hydrogens is 593 g/mol. The molecular formula is C39H38FN3O4. The quantitative estimate of drug-likeness (QED) is 0.194. The third kappa shape index (κ3) is 6.19. The van der Waals surface area contributed by atoms with E-state index in [-0.39, 0.29) is 29.2 Å². The van der Waals surface area contributed by atoms with Crippen molar-refractivity contribution >= 4 is 16.7 Å². The molecule has 0 radical (unpaired) electrons. The fourth-order valence-electron chi connectivity index (χ4n) is 6.96. The van der Waals surface area contributed by atoms with Crippen LogP contribution in [0.1, 0.15) is 58.9 Å². The molecule has 1 saturated heterocycles. The number of rotatable bonds is 9. The Hall–Kier alpha value is -4.79. The molecule has 240 valence electrons. The number of amides is 1. The molecule has 8 heteroatoms. The lowest BCUT2D eigenvalue weighted by molar-refractivity contribution is -0.0282. The first kappa shape index (κ1) is 30.8. The third-order valence-corrected chi connectivity index (χ3v) is 9.68. The molecule has 7 rings (SSSR count). The zero-order valence-electron chi connectivity index (χ0n) is 26.4. The number of ether oxygens (including phenoxy) is 1. The summed E-state index contributed by atoms with van der Waals surface area (Å²) in [5.41, 5.74) is 2.00. The number of aromatic nitrogens is 1. The lowest BCUT2D eigenvalue weighted by atomic mass is 9.84. The highest BCUT2D eigenvalue weighted by Gasteiger charge is 2.37. The minimum atomic E-state index is -1.02. The molecule has 1 aliphatic carbocycles. The van der Waals surface area contributed by atoms with Crippen LogP contribution in [0.4, 0.5) is 4.39 Å². The number of nitrogens with one attached hydrogen (secondary N) is 1. The normalized spacial score (nSPS) is 16.9. The van der Waals surface area contributed by atoms with Crippen LogP contribution >= 0.6 is 0 Å². The van der Waals surface area contributed by atoms with Gasteiger partial charge in [0.1, 0.15) is 11.6 Å². The Bertz CT molecular complexity index is 1980. The van der Waals surface area contributed by atoms with Gasteiger partial charge in [-0.15, -0.1) is 0 Å². The predicted octanol–water partition coefficient (Wildman–Crippen LogP) is 6.50. The molecule has 1 unspecified atom stereocenters. The van der Waals surface area contributed by atoms with Crippen molar-refractivity contribution in [1.82, 2.24) is 14.8 Å². The maximum Gasteiger partial charge on any atom is 0.263 e. The van der Waals surface area contributed by atoms with E-state index in [0.29, 0.717) is 65.9 Å². The van der Waals surface area contributed by atoms with E-state index in [1.807, 2.05) is 78.9 Å². The molecule has 2 aliphatic rings. The van der Waals surface area contributed by atoms with Gasteiger partial charge >= 0.3 is 0 Å². The van der Waals surface area contributed by atoms with Crippen LogP contribution in [0.2, 0.25) is 0 Å². The van der Waals surface area contributed by atoms with Gasteiger partial charge in [0, 0.05) is 36.1 Å². The summed E-state index contributed by atoms with van der Waals surface area (Å²) in [6.07, 6.45) is 2.85. The topological polar surface area (TPSA) is 83.8 Å². The van der Waals surface area contributed by atoms with Crippen molar-refractivity contribution in [2.45, 2.75) is 43.9 Å². The van der Waals surface area contributed by atoms with Crippen LogP contribution in [0.5, 0.6) is 5.75 Å². The molecule has 1 amide bonds. The van der Waals surface area contributed by atoms with Gasteiger partial charge in [0.25, 0.3) is 11.5 Å². The molecule has 1 atom stereocenters. The van der Waals surface area contributed by atoms with Crippen LogP contribution in [0.15, 0.2) is 108 Å². The molecule has 47 heavy (non-hydrogen) atoms. The molecule has 0 bridgehead atoms. The minimum Gasteiger partial charge on any atom is -0.497 e. The number of halogens is 1. The van der Waals surface area contributed by atoms with Gasteiger partial charge in [-0.1, -0.05) is 60.7 Å². The highest BCUT2D eigenvalue weighted by Crippen LogP contribution is 2.42. The molecule has 0 spiro atoms. The molecule has 4 aromatic carbocycles. The second kappa shape index (κ2) is 12.8. The minimum absolute atomic E-state index is 0.202. The summed E-state index contributed by atoms with van der Waals surface area (Å²) in [7, 11) is 1.61. The van der Waals surface area contributed by atoms with Crippen molar-refractivity contribution in [3.63, 3.8) is 0 Å². The monoisotopic (exact) mass is 631 g/mol. The van der Waals surface area contributed by atoms with Crippen molar-refractivity contribution in [2.75, 3.05) is 20.2 Å². The maximum atomic E-state index is 14.6. The molecule has 2 heterocycles. The van der Waals surface area contributed by atoms with E-state index in [0.717, 1.165) is 24.0 Å². The van der Waals surface area contributed by atoms with Crippen LogP contribution in [0, 0.1) is 11.7 Å². The number of fused-ring (bicyclic) bond motifs is 1. The first-order valence-corrected chi connectivity index (χ1v) is 16.2. The summed E-state index contributed by atoms with van der Waals surface area (Å²) in [6, 6.07) is 30.3.